The van der Waals surface area contributed by atoms with Crippen LogP contribution in [0, 0.1) is 0 Å². The molecule has 0 unspecified atom stereocenters. The molecule has 0 amide bonds. The molecule has 0 radical (unpaired) electrons. The Hall–Kier alpha value is -2.40. The highest BCUT2D eigenvalue weighted by Crippen LogP contribution is 2.22. The largest absolute Gasteiger partial charge is 0.368 e. The van der Waals surface area contributed by atoms with Crippen LogP contribution in [0.1, 0.15) is 0 Å². The zero-order valence-electron chi connectivity index (χ0n) is 9.86. The molecule has 2 heterocycles. The molecule has 19 heavy (non-hydrogen) atoms. The number of nitrogens with two attached hydrogens (primary N) is 1. The molecule has 6 heteroatoms. The normalized spacial score (nSPS) is 10.6. The van der Waals surface area contributed by atoms with Crippen molar-refractivity contribution < 1.29 is 0 Å². The van der Waals surface area contributed by atoms with Crippen molar-refractivity contribution in [3.05, 3.63) is 53.9 Å². The molecule has 5 nitrogen and oxygen atoms in total. The third-order valence-electron chi connectivity index (χ3n) is 2.65. The van der Waals surface area contributed by atoms with Gasteiger partial charge in [0.1, 0.15) is 0 Å². The monoisotopic (exact) mass is 271 g/mol. The van der Waals surface area contributed by atoms with Crippen LogP contribution in [-0.4, -0.2) is 19.7 Å². The minimum Gasteiger partial charge on any atom is -0.368 e. The first-order valence-corrected chi connectivity index (χ1v) is 6.00. The Morgan fingerprint density at radius 1 is 1.16 bits per heavy atom. The van der Waals surface area contributed by atoms with E-state index < -0.39 is 0 Å². The van der Waals surface area contributed by atoms with Gasteiger partial charge in [-0.05, 0) is 18.2 Å². The van der Waals surface area contributed by atoms with Gasteiger partial charge in [-0.1, -0.05) is 23.7 Å². The van der Waals surface area contributed by atoms with Gasteiger partial charge in [-0.25, -0.2) is 14.6 Å². The van der Waals surface area contributed by atoms with E-state index in [4.69, 9.17) is 17.3 Å². The molecule has 1 aromatic carbocycles. The van der Waals surface area contributed by atoms with Crippen molar-refractivity contribution in [2.24, 2.45) is 0 Å². The fourth-order valence-corrected chi connectivity index (χ4v) is 1.98. The van der Waals surface area contributed by atoms with Gasteiger partial charge in [0.15, 0.2) is 0 Å². The maximum Gasteiger partial charge on any atom is 0.220 e. The molecule has 3 rings (SSSR count). The molecule has 94 valence electrons. The number of nitrogens with zero attached hydrogens (tertiary/aromatic N) is 4. The number of hydrogen-bond acceptors (Lipinski definition) is 4. The summed E-state index contributed by atoms with van der Waals surface area (Å²) in [5.74, 6) is 0.239. The van der Waals surface area contributed by atoms with E-state index in [9.17, 15) is 0 Å². The fraction of sp³-hybridized carbons (Fsp3) is 0. The van der Waals surface area contributed by atoms with E-state index in [-0.39, 0.29) is 5.95 Å². The van der Waals surface area contributed by atoms with Crippen LogP contribution in [0.25, 0.3) is 16.9 Å². The highest BCUT2D eigenvalue weighted by Gasteiger charge is 2.07. The van der Waals surface area contributed by atoms with Crippen molar-refractivity contribution in [3.8, 4) is 16.9 Å². The van der Waals surface area contributed by atoms with Crippen LogP contribution in [0.5, 0.6) is 0 Å². The Morgan fingerprint density at radius 2 is 2.00 bits per heavy atom. The average molecular weight is 272 g/mol. The van der Waals surface area contributed by atoms with E-state index in [2.05, 4.69) is 15.1 Å². The fourth-order valence-electron chi connectivity index (χ4n) is 1.76. The van der Waals surface area contributed by atoms with Gasteiger partial charge in [-0.2, -0.15) is 5.10 Å². The van der Waals surface area contributed by atoms with Crippen LogP contribution in [0.3, 0.4) is 0 Å². The molecule has 0 aliphatic carbocycles. The molecular weight excluding hydrogens is 262 g/mol. The average Bonchev–Trinajstić information content (AvgIpc) is 2.89. The molecule has 0 saturated heterocycles. The topological polar surface area (TPSA) is 69.6 Å². The lowest BCUT2D eigenvalue weighted by Gasteiger charge is -2.02. The van der Waals surface area contributed by atoms with Crippen molar-refractivity contribution in [3.63, 3.8) is 0 Å². The van der Waals surface area contributed by atoms with E-state index in [1.54, 1.807) is 23.1 Å². The third kappa shape index (κ3) is 2.28. The summed E-state index contributed by atoms with van der Waals surface area (Å²) >= 11 is 6.13. The van der Waals surface area contributed by atoms with E-state index in [1.807, 2.05) is 30.5 Å². The Labute approximate surface area is 114 Å². The summed E-state index contributed by atoms with van der Waals surface area (Å²) in [7, 11) is 0. The smallest absolute Gasteiger partial charge is 0.220 e. The maximum atomic E-state index is 6.13. The molecule has 0 spiro atoms. The molecule has 0 aliphatic heterocycles. The molecule has 0 aliphatic rings. The first kappa shape index (κ1) is 11.7. The number of hydrogen-bond donors (Lipinski definition) is 1. The molecule has 0 saturated carbocycles. The molecule has 0 atom stereocenters. The second-order valence-corrected chi connectivity index (χ2v) is 4.33. The SMILES string of the molecule is Nc1nccc(-c2cnn(-c3ccccc3Cl)c2)n1. The van der Waals surface area contributed by atoms with Gasteiger partial charge in [0.2, 0.25) is 5.95 Å². The second kappa shape index (κ2) is 4.70. The number of rotatable bonds is 2. The first-order valence-electron chi connectivity index (χ1n) is 5.62. The molecule has 3 aromatic rings. The molecule has 0 bridgehead atoms. The van der Waals surface area contributed by atoms with Gasteiger partial charge in [0.25, 0.3) is 0 Å². The van der Waals surface area contributed by atoms with Crippen LogP contribution in [0.4, 0.5) is 5.95 Å². The number of para-hydroxylation sites is 1. The summed E-state index contributed by atoms with van der Waals surface area (Å²) in [6.07, 6.45) is 5.18. The third-order valence-corrected chi connectivity index (χ3v) is 2.97. The predicted molar refractivity (Wildman–Crippen MR) is 74.0 cm³/mol. The lowest BCUT2D eigenvalue weighted by atomic mass is 10.2. The number of benzene rings is 1. The number of aromatic nitrogens is 4. The highest BCUT2D eigenvalue weighted by atomic mass is 35.5. The van der Waals surface area contributed by atoms with Crippen molar-refractivity contribution in [2.45, 2.75) is 0 Å². The van der Waals surface area contributed by atoms with Crippen molar-refractivity contribution >= 4 is 17.5 Å². The summed E-state index contributed by atoms with van der Waals surface area (Å²) in [4.78, 5) is 8.02. The van der Waals surface area contributed by atoms with Crippen LogP contribution in [0.15, 0.2) is 48.9 Å². The number of nitrogen functional groups attached to an aromatic ring is 1. The Balaban J connectivity index is 2.03. The summed E-state index contributed by atoms with van der Waals surface area (Å²) in [6.45, 7) is 0. The quantitative estimate of drug-likeness (QED) is 0.778. The molecule has 0 fully saturated rings. The van der Waals surface area contributed by atoms with Crippen LogP contribution in [-0.2, 0) is 0 Å². The Morgan fingerprint density at radius 3 is 2.79 bits per heavy atom. The van der Waals surface area contributed by atoms with Crippen LogP contribution >= 0.6 is 11.6 Å². The minimum atomic E-state index is 0.239. The van der Waals surface area contributed by atoms with Crippen LogP contribution in [0.2, 0.25) is 5.02 Å². The first-order chi connectivity index (χ1) is 9.24. The Kier molecular flexibility index (Phi) is 2.89. The standard InChI is InChI=1S/C13H10ClN5/c14-10-3-1-2-4-12(10)19-8-9(7-17-19)11-5-6-16-13(15)18-11/h1-8H,(H2,15,16,18). The van der Waals surface area contributed by atoms with E-state index >= 15 is 0 Å². The molecule has 2 N–H and O–H groups in total. The van der Waals surface area contributed by atoms with E-state index in [0.717, 1.165) is 16.9 Å². The van der Waals surface area contributed by atoms with E-state index in [0.29, 0.717) is 5.02 Å². The van der Waals surface area contributed by atoms with Crippen molar-refractivity contribution in [1.29, 1.82) is 0 Å². The molecular formula is C13H10ClN5. The van der Waals surface area contributed by atoms with Crippen molar-refractivity contribution in [2.75, 3.05) is 5.73 Å². The maximum absolute atomic E-state index is 6.13. The summed E-state index contributed by atoms with van der Waals surface area (Å²) in [5, 5.41) is 4.92. The van der Waals surface area contributed by atoms with Gasteiger partial charge in [0, 0.05) is 18.0 Å². The lowest BCUT2D eigenvalue weighted by Crippen LogP contribution is -1.95. The second-order valence-electron chi connectivity index (χ2n) is 3.93. The van der Waals surface area contributed by atoms with Gasteiger partial charge in [-0.15, -0.1) is 0 Å². The van der Waals surface area contributed by atoms with Gasteiger partial charge in [0.05, 0.1) is 22.6 Å². The summed E-state index contributed by atoms with van der Waals surface area (Å²) < 4.78 is 1.70. The van der Waals surface area contributed by atoms with Crippen LogP contribution < -0.4 is 5.73 Å². The summed E-state index contributed by atoms with van der Waals surface area (Å²) in [5.41, 5.74) is 7.97. The zero-order valence-corrected chi connectivity index (χ0v) is 10.6. The Bertz CT molecular complexity index is 722. The number of anilines is 1. The van der Waals surface area contributed by atoms with E-state index in [1.165, 1.54) is 0 Å². The highest BCUT2D eigenvalue weighted by molar-refractivity contribution is 6.32. The zero-order chi connectivity index (χ0) is 13.2. The molecule has 2 aromatic heterocycles. The lowest BCUT2D eigenvalue weighted by molar-refractivity contribution is 0.881. The van der Waals surface area contributed by atoms with Gasteiger partial charge < -0.3 is 5.73 Å². The number of halogens is 1. The predicted octanol–water partition coefficient (Wildman–Crippen LogP) is 2.56. The minimum absolute atomic E-state index is 0.239. The van der Waals surface area contributed by atoms with Gasteiger partial charge in [-0.3, -0.25) is 0 Å². The van der Waals surface area contributed by atoms with Gasteiger partial charge >= 0.3 is 0 Å². The summed E-state index contributed by atoms with van der Waals surface area (Å²) in [6, 6.07) is 9.28. The van der Waals surface area contributed by atoms with Crippen molar-refractivity contribution in [1.82, 2.24) is 19.7 Å².